The molecule has 0 aromatic carbocycles. The van der Waals surface area contributed by atoms with Gasteiger partial charge in [0.25, 0.3) is 0 Å². The van der Waals surface area contributed by atoms with Gasteiger partial charge in [0.1, 0.15) is 0 Å². The van der Waals surface area contributed by atoms with Gasteiger partial charge in [-0.1, -0.05) is 0 Å². The minimum absolute atomic E-state index is 0. The molecule has 7 heavy (non-hydrogen) atoms. The van der Waals surface area contributed by atoms with Gasteiger partial charge < -0.3 is 10.2 Å². The molecule has 0 fully saturated rings. The van der Waals surface area contributed by atoms with E-state index in [9.17, 15) is 0 Å². The van der Waals surface area contributed by atoms with Crippen LogP contribution in [0.25, 0.3) is 0 Å². The first-order valence-electron chi connectivity index (χ1n) is 1.11. The Morgan fingerprint density at radius 1 is 1.00 bits per heavy atom. The van der Waals surface area contributed by atoms with Crippen LogP contribution in [0.3, 0.4) is 0 Å². The Morgan fingerprint density at radius 3 is 1.14 bits per heavy atom. The predicted molar refractivity (Wildman–Crippen MR) is 23.8 cm³/mol. The van der Waals surface area contributed by atoms with Crippen molar-refractivity contribution in [2.75, 3.05) is 0 Å². The quantitative estimate of drug-likeness (QED) is 0.367. The average molecular weight is 211 g/mol. The van der Waals surface area contributed by atoms with E-state index in [0.29, 0.717) is 0 Å². The number of hydrogen-bond acceptors (Lipinski definition) is 2. The molecular formula is C2H4O4Sn. The van der Waals surface area contributed by atoms with Gasteiger partial charge in [-0.25, -0.2) is 9.59 Å². The number of carbonyl (C=O) groups is 2. The van der Waals surface area contributed by atoms with E-state index in [0.717, 1.165) is 0 Å². The zero-order chi connectivity index (χ0) is 5.15. The SMILES string of the molecule is O=C(O)C(=O)O.[SnH2]. The molecule has 5 heteroatoms. The van der Waals surface area contributed by atoms with Crippen molar-refractivity contribution in [3.05, 3.63) is 0 Å². The van der Waals surface area contributed by atoms with Crippen LogP contribution in [0.2, 0.25) is 0 Å². The van der Waals surface area contributed by atoms with Gasteiger partial charge in [0.2, 0.25) is 0 Å². The van der Waals surface area contributed by atoms with Gasteiger partial charge in [-0.2, -0.15) is 0 Å². The summed E-state index contributed by atoms with van der Waals surface area (Å²) in [7, 11) is 0. The molecular weight excluding hydrogens is 207 g/mol. The summed E-state index contributed by atoms with van der Waals surface area (Å²) in [6.45, 7) is 0. The molecule has 0 bridgehead atoms. The molecule has 0 aliphatic heterocycles. The Kier molecular flexibility index (Phi) is 5.52. The van der Waals surface area contributed by atoms with Crippen LogP contribution in [0.5, 0.6) is 0 Å². The van der Waals surface area contributed by atoms with Gasteiger partial charge >= 0.3 is 35.8 Å². The number of aliphatic carboxylic acids is 2. The van der Waals surface area contributed by atoms with Gasteiger partial charge in [-0.3, -0.25) is 0 Å². The first-order chi connectivity index (χ1) is 2.64. The Hall–Kier alpha value is -0.261. The third kappa shape index (κ3) is 5.74. The van der Waals surface area contributed by atoms with Crippen LogP contribution in [0.1, 0.15) is 0 Å². The maximum atomic E-state index is 9.10. The second kappa shape index (κ2) is 3.91. The Balaban J connectivity index is 0. The molecule has 0 atom stereocenters. The van der Waals surface area contributed by atoms with Gasteiger partial charge in [0.05, 0.1) is 0 Å². The molecule has 0 aromatic heterocycles. The van der Waals surface area contributed by atoms with Crippen LogP contribution >= 0.6 is 0 Å². The summed E-state index contributed by atoms with van der Waals surface area (Å²) in [5.74, 6) is -3.65. The molecule has 0 aromatic rings. The normalized spacial score (nSPS) is 6.29. The number of carboxylic acid groups (broad SMARTS) is 2. The van der Waals surface area contributed by atoms with Crippen molar-refractivity contribution in [1.29, 1.82) is 0 Å². The van der Waals surface area contributed by atoms with Crippen LogP contribution < -0.4 is 0 Å². The van der Waals surface area contributed by atoms with Crippen molar-refractivity contribution in [3.63, 3.8) is 0 Å². The minimum atomic E-state index is -1.82. The van der Waals surface area contributed by atoms with E-state index < -0.39 is 11.9 Å². The fourth-order valence-corrected chi connectivity index (χ4v) is 0. The molecule has 40 valence electrons. The molecule has 2 radical (unpaired) electrons. The van der Waals surface area contributed by atoms with E-state index in [1.807, 2.05) is 0 Å². The van der Waals surface area contributed by atoms with Crippen LogP contribution in [0.15, 0.2) is 0 Å². The predicted octanol–water partition coefficient (Wildman–Crippen LogP) is -1.76. The Morgan fingerprint density at radius 2 is 1.14 bits per heavy atom. The average Bonchev–Trinajstić information content (AvgIpc) is 1.36. The van der Waals surface area contributed by atoms with Gasteiger partial charge in [0, 0.05) is 0 Å². The third-order valence-corrected chi connectivity index (χ3v) is 0.183. The fourth-order valence-electron chi connectivity index (χ4n) is 0. The molecule has 0 aliphatic carbocycles. The monoisotopic (exact) mass is 212 g/mol. The van der Waals surface area contributed by atoms with Gasteiger partial charge in [-0.05, 0) is 0 Å². The zero-order valence-electron chi connectivity index (χ0n) is 3.42. The van der Waals surface area contributed by atoms with Crippen molar-refractivity contribution in [2.45, 2.75) is 0 Å². The third-order valence-electron chi connectivity index (χ3n) is 0.183. The summed E-state index contributed by atoms with van der Waals surface area (Å²) in [6, 6.07) is 0. The van der Waals surface area contributed by atoms with Crippen molar-refractivity contribution in [3.8, 4) is 0 Å². The summed E-state index contributed by atoms with van der Waals surface area (Å²) >= 11 is 0. The van der Waals surface area contributed by atoms with Crippen LogP contribution in [0.4, 0.5) is 0 Å². The van der Waals surface area contributed by atoms with Crippen molar-refractivity contribution in [2.24, 2.45) is 0 Å². The van der Waals surface area contributed by atoms with E-state index in [1.165, 1.54) is 0 Å². The molecule has 0 spiro atoms. The molecule has 0 aliphatic rings. The van der Waals surface area contributed by atoms with Crippen LogP contribution in [0, 0.1) is 0 Å². The molecule has 4 nitrogen and oxygen atoms in total. The van der Waals surface area contributed by atoms with Gasteiger partial charge in [0.15, 0.2) is 0 Å². The Bertz CT molecular complexity index is 75.7. The first kappa shape index (κ1) is 9.88. The maximum absolute atomic E-state index is 9.10. The second-order valence-electron chi connectivity index (χ2n) is 0.610. The van der Waals surface area contributed by atoms with Crippen LogP contribution in [-0.2, 0) is 9.59 Å². The molecule has 0 saturated heterocycles. The number of hydrogen-bond donors (Lipinski definition) is 2. The number of carboxylic acids is 2. The van der Waals surface area contributed by atoms with E-state index in [1.54, 1.807) is 0 Å². The van der Waals surface area contributed by atoms with Crippen molar-refractivity contribution < 1.29 is 19.8 Å². The molecule has 0 unspecified atom stereocenters. The van der Waals surface area contributed by atoms with Gasteiger partial charge in [-0.15, -0.1) is 0 Å². The fraction of sp³-hybridized carbons (Fsp3) is 0. The molecule has 0 saturated carbocycles. The molecule has 2 N–H and O–H groups in total. The second-order valence-corrected chi connectivity index (χ2v) is 0.610. The van der Waals surface area contributed by atoms with E-state index in [2.05, 4.69) is 0 Å². The zero-order valence-corrected chi connectivity index (χ0v) is 7.45. The van der Waals surface area contributed by atoms with Crippen LogP contribution in [-0.4, -0.2) is 46.1 Å². The van der Waals surface area contributed by atoms with Crippen molar-refractivity contribution >= 4 is 35.8 Å². The topological polar surface area (TPSA) is 74.6 Å². The molecule has 0 rings (SSSR count). The first-order valence-corrected chi connectivity index (χ1v) is 1.11. The van der Waals surface area contributed by atoms with E-state index in [-0.39, 0.29) is 23.9 Å². The van der Waals surface area contributed by atoms with E-state index in [4.69, 9.17) is 19.8 Å². The summed E-state index contributed by atoms with van der Waals surface area (Å²) in [6.07, 6.45) is 0. The van der Waals surface area contributed by atoms with Crippen molar-refractivity contribution in [1.82, 2.24) is 0 Å². The molecule has 0 heterocycles. The molecule has 0 amide bonds. The van der Waals surface area contributed by atoms with E-state index >= 15 is 0 Å². The Labute approximate surface area is 56.1 Å². The summed E-state index contributed by atoms with van der Waals surface area (Å²) in [4.78, 5) is 18.2. The summed E-state index contributed by atoms with van der Waals surface area (Å²) in [5.41, 5.74) is 0. The standard InChI is InChI=1S/C2H2O4.Sn.2H/c3-1(4)2(5)6;;;/h(H,3,4)(H,5,6);;;. The summed E-state index contributed by atoms with van der Waals surface area (Å²) < 4.78 is 0. The summed E-state index contributed by atoms with van der Waals surface area (Å²) in [5, 5.41) is 14.8. The number of rotatable bonds is 0.